The minimum Gasteiger partial charge on any atom is -0.393 e. The third kappa shape index (κ3) is 2.35. The van der Waals surface area contributed by atoms with Crippen LogP contribution in [0.2, 0.25) is 0 Å². The Hall–Kier alpha value is -0.930. The highest BCUT2D eigenvalue weighted by atomic mass is 16.3. The van der Waals surface area contributed by atoms with Crippen LogP contribution in [0.1, 0.15) is 18.4 Å². The van der Waals surface area contributed by atoms with Gasteiger partial charge in [-0.1, -0.05) is 0 Å². The number of aliphatic hydroxyl groups is 1. The van der Waals surface area contributed by atoms with Crippen molar-refractivity contribution in [2.75, 3.05) is 19.6 Å². The van der Waals surface area contributed by atoms with Gasteiger partial charge < -0.3 is 10.0 Å². The van der Waals surface area contributed by atoms with E-state index < -0.39 is 0 Å². The van der Waals surface area contributed by atoms with E-state index in [4.69, 9.17) is 0 Å². The second-order valence-electron chi connectivity index (χ2n) is 5.43. The molecule has 1 N–H and O–H groups in total. The number of fused-ring (bicyclic) bond motifs is 1. The largest absolute Gasteiger partial charge is 0.393 e. The Morgan fingerprint density at radius 3 is 2.82 bits per heavy atom. The quantitative estimate of drug-likeness (QED) is 0.854. The van der Waals surface area contributed by atoms with Gasteiger partial charge in [0.05, 0.1) is 6.10 Å². The van der Waals surface area contributed by atoms with Crippen molar-refractivity contribution in [1.29, 1.82) is 0 Å². The second kappa shape index (κ2) is 4.75. The summed E-state index contributed by atoms with van der Waals surface area (Å²) in [6, 6.07) is 4.18. The van der Waals surface area contributed by atoms with E-state index >= 15 is 0 Å². The number of hydrogen-bond acceptors (Lipinski definition) is 3. The highest BCUT2D eigenvalue weighted by Crippen LogP contribution is 2.37. The first-order valence-corrected chi connectivity index (χ1v) is 6.62. The van der Waals surface area contributed by atoms with E-state index in [1.165, 1.54) is 18.5 Å². The summed E-state index contributed by atoms with van der Waals surface area (Å²) in [6.45, 7) is 3.40. The molecule has 3 unspecified atom stereocenters. The first-order chi connectivity index (χ1) is 8.33. The maximum Gasteiger partial charge on any atom is 0.0583 e. The predicted molar refractivity (Wildman–Crippen MR) is 66.6 cm³/mol. The van der Waals surface area contributed by atoms with Crippen LogP contribution in [0, 0.1) is 11.8 Å². The molecule has 0 amide bonds. The maximum atomic E-state index is 9.87. The summed E-state index contributed by atoms with van der Waals surface area (Å²) in [7, 11) is 0. The smallest absolute Gasteiger partial charge is 0.0583 e. The standard InChI is InChI=1S/C14H20N2O/c17-14-2-1-12-9-16(10-13(12)14)8-5-11-3-6-15-7-4-11/h3-4,6-7,12-14,17H,1-2,5,8-10H2. The number of hydrogen-bond donors (Lipinski definition) is 1. The molecule has 0 spiro atoms. The molecular weight excluding hydrogens is 212 g/mol. The Labute approximate surface area is 102 Å². The first kappa shape index (κ1) is 11.2. The van der Waals surface area contributed by atoms with Crippen molar-refractivity contribution in [1.82, 2.24) is 9.88 Å². The van der Waals surface area contributed by atoms with Crippen molar-refractivity contribution in [2.45, 2.75) is 25.4 Å². The van der Waals surface area contributed by atoms with Crippen molar-refractivity contribution in [3.8, 4) is 0 Å². The lowest BCUT2D eigenvalue weighted by Crippen LogP contribution is -2.26. The zero-order chi connectivity index (χ0) is 11.7. The van der Waals surface area contributed by atoms with Gasteiger partial charge >= 0.3 is 0 Å². The number of pyridine rings is 1. The molecule has 1 saturated carbocycles. The van der Waals surface area contributed by atoms with Crippen LogP contribution in [0.3, 0.4) is 0 Å². The molecule has 0 radical (unpaired) electrons. The maximum absolute atomic E-state index is 9.87. The fourth-order valence-corrected chi connectivity index (χ4v) is 3.35. The van der Waals surface area contributed by atoms with Crippen molar-refractivity contribution in [3.63, 3.8) is 0 Å². The first-order valence-electron chi connectivity index (χ1n) is 6.62. The van der Waals surface area contributed by atoms with Gasteiger partial charge in [-0.25, -0.2) is 0 Å². The number of nitrogens with zero attached hydrogens (tertiary/aromatic N) is 2. The molecule has 17 heavy (non-hydrogen) atoms. The minimum absolute atomic E-state index is 0.0362. The highest BCUT2D eigenvalue weighted by Gasteiger charge is 2.41. The molecule has 0 bridgehead atoms. The zero-order valence-electron chi connectivity index (χ0n) is 10.1. The topological polar surface area (TPSA) is 36.4 Å². The van der Waals surface area contributed by atoms with Gasteiger partial charge in [-0.2, -0.15) is 0 Å². The monoisotopic (exact) mass is 232 g/mol. The number of rotatable bonds is 3. The Morgan fingerprint density at radius 2 is 2.06 bits per heavy atom. The fourth-order valence-electron chi connectivity index (χ4n) is 3.35. The van der Waals surface area contributed by atoms with E-state index in [1.807, 2.05) is 12.4 Å². The van der Waals surface area contributed by atoms with Crippen LogP contribution in [0.5, 0.6) is 0 Å². The van der Waals surface area contributed by atoms with Gasteiger partial charge in [-0.3, -0.25) is 4.98 Å². The van der Waals surface area contributed by atoms with Gasteiger partial charge in [-0.05, 0) is 42.9 Å². The molecule has 92 valence electrons. The Morgan fingerprint density at radius 1 is 1.24 bits per heavy atom. The summed E-state index contributed by atoms with van der Waals surface area (Å²) in [5.74, 6) is 1.30. The van der Waals surface area contributed by atoms with Crippen LogP contribution in [-0.2, 0) is 6.42 Å². The van der Waals surface area contributed by atoms with Crippen LogP contribution in [0.25, 0.3) is 0 Å². The van der Waals surface area contributed by atoms with Gasteiger partial charge in [0.1, 0.15) is 0 Å². The van der Waals surface area contributed by atoms with Crippen molar-refractivity contribution < 1.29 is 5.11 Å². The van der Waals surface area contributed by atoms with Crippen molar-refractivity contribution in [2.24, 2.45) is 11.8 Å². The molecule has 0 aromatic carbocycles. The van der Waals surface area contributed by atoms with Crippen molar-refractivity contribution >= 4 is 0 Å². The fraction of sp³-hybridized carbons (Fsp3) is 0.643. The normalized spacial score (nSPS) is 32.9. The summed E-state index contributed by atoms with van der Waals surface area (Å²) in [4.78, 5) is 6.55. The summed E-state index contributed by atoms with van der Waals surface area (Å²) in [6.07, 6.45) is 7.02. The zero-order valence-corrected chi connectivity index (χ0v) is 10.1. The van der Waals surface area contributed by atoms with E-state index in [0.29, 0.717) is 5.92 Å². The van der Waals surface area contributed by atoms with Gasteiger partial charge in [-0.15, -0.1) is 0 Å². The molecule has 2 fully saturated rings. The summed E-state index contributed by atoms with van der Waals surface area (Å²) < 4.78 is 0. The van der Waals surface area contributed by atoms with Crippen LogP contribution in [0.15, 0.2) is 24.5 Å². The molecule has 1 aromatic rings. The third-order valence-corrected chi connectivity index (χ3v) is 4.36. The van der Waals surface area contributed by atoms with E-state index in [-0.39, 0.29) is 6.10 Å². The SMILES string of the molecule is OC1CCC2CN(CCc3ccncc3)CC12. The van der Waals surface area contributed by atoms with Gasteiger partial charge in [0.15, 0.2) is 0 Å². The Balaban J connectivity index is 1.52. The number of likely N-dealkylation sites (tertiary alicyclic amines) is 1. The van der Waals surface area contributed by atoms with Crippen LogP contribution >= 0.6 is 0 Å². The van der Waals surface area contributed by atoms with Crippen LogP contribution < -0.4 is 0 Å². The molecule has 3 atom stereocenters. The molecule has 1 aliphatic carbocycles. The van der Waals surface area contributed by atoms with E-state index in [9.17, 15) is 5.11 Å². The summed E-state index contributed by atoms with van der Waals surface area (Å²) in [5.41, 5.74) is 1.36. The molecule has 3 rings (SSSR count). The van der Waals surface area contributed by atoms with E-state index in [0.717, 1.165) is 31.8 Å². The van der Waals surface area contributed by atoms with E-state index in [2.05, 4.69) is 22.0 Å². The lowest BCUT2D eigenvalue weighted by atomic mass is 10.00. The second-order valence-corrected chi connectivity index (χ2v) is 5.43. The lowest BCUT2D eigenvalue weighted by Gasteiger charge is -2.17. The number of aromatic nitrogens is 1. The van der Waals surface area contributed by atoms with Crippen molar-refractivity contribution in [3.05, 3.63) is 30.1 Å². The average Bonchev–Trinajstić information content (AvgIpc) is 2.91. The molecule has 2 aliphatic rings. The summed E-state index contributed by atoms with van der Waals surface area (Å²) >= 11 is 0. The molecule has 1 aromatic heterocycles. The summed E-state index contributed by atoms with van der Waals surface area (Å²) in [5, 5.41) is 9.87. The highest BCUT2D eigenvalue weighted by molar-refractivity contribution is 5.10. The van der Waals surface area contributed by atoms with Gasteiger partial charge in [0.2, 0.25) is 0 Å². The molecule has 1 aliphatic heterocycles. The lowest BCUT2D eigenvalue weighted by molar-refractivity contribution is 0.124. The third-order valence-electron chi connectivity index (χ3n) is 4.36. The molecular formula is C14H20N2O. The van der Waals surface area contributed by atoms with Gasteiger partial charge in [0, 0.05) is 37.9 Å². The van der Waals surface area contributed by atoms with Gasteiger partial charge in [0.25, 0.3) is 0 Å². The molecule has 3 heteroatoms. The predicted octanol–water partition coefficient (Wildman–Crippen LogP) is 1.33. The van der Waals surface area contributed by atoms with Crippen LogP contribution in [0.4, 0.5) is 0 Å². The number of aliphatic hydroxyl groups excluding tert-OH is 1. The molecule has 1 saturated heterocycles. The van der Waals surface area contributed by atoms with E-state index in [1.54, 1.807) is 0 Å². The minimum atomic E-state index is -0.0362. The molecule has 3 nitrogen and oxygen atoms in total. The Bertz CT molecular complexity index is 368. The Kier molecular flexibility index (Phi) is 3.12. The average molecular weight is 232 g/mol. The van der Waals surface area contributed by atoms with Crippen LogP contribution in [-0.4, -0.2) is 40.7 Å². The molecule has 2 heterocycles.